The second kappa shape index (κ2) is 4.74. The van der Waals surface area contributed by atoms with Gasteiger partial charge in [0, 0.05) is 25.9 Å². The van der Waals surface area contributed by atoms with Crippen LogP contribution in [-0.2, 0) is 0 Å². The SMILES string of the molecule is CCCC1CN(CCS)C(=O)N1C. The number of hydrogen-bond acceptors (Lipinski definition) is 2. The minimum Gasteiger partial charge on any atom is -0.323 e. The molecule has 1 rings (SSSR count). The number of carbonyl (C=O) groups is 1. The van der Waals surface area contributed by atoms with Gasteiger partial charge in [0.25, 0.3) is 0 Å². The summed E-state index contributed by atoms with van der Waals surface area (Å²) >= 11 is 4.14. The fraction of sp³-hybridized carbons (Fsp3) is 0.889. The molecule has 1 aliphatic rings. The Kier molecular flexibility index (Phi) is 3.90. The predicted molar refractivity (Wildman–Crippen MR) is 57.3 cm³/mol. The van der Waals surface area contributed by atoms with Crippen LogP contribution in [0.3, 0.4) is 0 Å². The third kappa shape index (κ3) is 2.30. The minimum atomic E-state index is 0.160. The third-order valence-corrected chi connectivity index (χ3v) is 2.74. The molecule has 0 spiro atoms. The van der Waals surface area contributed by atoms with Crippen molar-refractivity contribution in [3.63, 3.8) is 0 Å². The summed E-state index contributed by atoms with van der Waals surface area (Å²) in [5.74, 6) is 0.748. The van der Waals surface area contributed by atoms with E-state index in [9.17, 15) is 4.79 Å². The van der Waals surface area contributed by atoms with E-state index >= 15 is 0 Å². The molecule has 76 valence electrons. The maximum atomic E-state index is 11.6. The molecule has 0 bridgehead atoms. The maximum Gasteiger partial charge on any atom is 0.320 e. The first-order valence-electron chi connectivity index (χ1n) is 4.83. The van der Waals surface area contributed by atoms with Crippen molar-refractivity contribution in [2.24, 2.45) is 0 Å². The zero-order valence-electron chi connectivity index (χ0n) is 8.36. The van der Waals surface area contributed by atoms with Gasteiger partial charge in [-0.25, -0.2) is 4.79 Å². The highest BCUT2D eigenvalue weighted by Crippen LogP contribution is 2.17. The molecule has 1 unspecified atom stereocenters. The van der Waals surface area contributed by atoms with E-state index in [2.05, 4.69) is 19.6 Å². The Bertz CT molecular complexity index is 186. The lowest BCUT2D eigenvalue weighted by atomic mass is 10.2. The van der Waals surface area contributed by atoms with E-state index in [0.717, 1.165) is 31.7 Å². The molecule has 1 aliphatic heterocycles. The largest absolute Gasteiger partial charge is 0.323 e. The quantitative estimate of drug-likeness (QED) is 0.685. The first-order chi connectivity index (χ1) is 6.20. The number of amides is 2. The number of nitrogens with zero attached hydrogens (tertiary/aromatic N) is 2. The molecule has 1 fully saturated rings. The first-order valence-corrected chi connectivity index (χ1v) is 5.46. The van der Waals surface area contributed by atoms with Gasteiger partial charge in [0.05, 0.1) is 6.04 Å². The van der Waals surface area contributed by atoms with Gasteiger partial charge < -0.3 is 9.80 Å². The lowest BCUT2D eigenvalue weighted by molar-refractivity contribution is 0.196. The first kappa shape index (κ1) is 10.7. The van der Waals surface area contributed by atoms with Crippen molar-refractivity contribution in [2.75, 3.05) is 25.9 Å². The summed E-state index contributed by atoms with van der Waals surface area (Å²) in [6, 6.07) is 0.574. The molecule has 0 aromatic rings. The minimum absolute atomic E-state index is 0.160. The molecule has 0 aromatic carbocycles. The fourth-order valence-electron chi connectivity index (χ4n) is 1.76. The molecule has 0 aliphatic carbocycles. The van der Waals surface area contributed by atoms with Gasteiger partial charge in [-0.05, 0) is 6.42 Å². The van der Waals surface area contributed by atoms with Gasteiger partial charge in [-0.3, -0.25) is 0 Å². The molecule has 0 aromatic heterocycles. The second-order valence-corrected chi connectivity index (χ2v) is 3.95. The molecular weight excluding hydrogens is 184 g/mol. The molecule has 1 heterocycles. The van der Waals surface area contributed by atoms with Gasteiger partial charge in [0.1, 0.15) is 0 Å². The Labute approximate surface area is 85.5 Å². The molecule has 2 amide bonds. The number of urea groups is 1. The van der Waals surface area contributed by atoms with E-state index in [0.29, 0.717) is 6.04 Å². The van der Waals surface area contributed by atoms with Gasteiger partial charge in [0.15, 0.2) is 0 Å². The Hall–Kier alpha value is -0.380. The van der Waals surface area contributed by atoms with Crippen LogP contribution in [0.1, 0.15) is 19.8 Å². The van der Waals surface area contributed by atoms with Crippen LogP contribution in [0.15, 0.2) is 0 Å². The lowest BCUT2D eigenvalue weighted by Crippen LogP contribution is -2.31. The number of carbonyl (C=O) groups excluding carboxylic acids is 1. The Morgan fingerprint density at radius 2 is 2.31 bits per heavy atom. The van der Waals surface area contributed by atoms with E-state index in [4.69, 9.17) is 0 Å². The predicted octanol–water partition coefficient (Wildman–Crippen LogP) is 1.45. The summed E-state index contributed by atoms with van der Waals surface area (Å²) < 4.78 is 0. The lowest BCUT2D eigenvalue weighted by Gasteiger charge is -2.16. The zero-order valence-corrected chi connectivity index (χ0v) is 9.26. The van der Waals surface area contributed by atoms with Crippen LogP contribution in [-0.4, -0.2) is 47.8 Å². The van der Waals surface area contributed by atoms with Crippen molar-refractivity contribution in [1.82, 2.24) is 9.80 Å². The summed E-state index contributed by atoms with van der Waals surface area (Å²) in [5.41, 5.74) is 0. The summed E-state index contributed by atoms with van der Waals surface area (Å²) in [4.78, 5) is 15.3. The van der Waals surface area contributed by atoms with Crippen LogP contribution in [0, 0.1) is 0 Å². The summed E-state index contributed by atoms with van der Waals surface area (Å²) in [7, 11) is 1.89. The van der Waals surface area contributed by atoms with Crippen LogP contribution in [0.25, 0.3) is 0 Å². The second-order valence-electron chi connectivity index (χ2n) is 3.51. The van der Waals surface area contributed by atoms with E-state index in [1.165, 1.54) is 0 Å². The van der Waals surface area contributed by atoms with Crippen molar-refractivity contribution < 1.29 is 4.79 Å². The molecule has 13 heavy (non-hydrogen) atoms. The van der Waals surface area contributed by atoms with E-state index in [-0.39, 0.29) is 6.03 Å². The average molecular weight is 202 g/mol. The van der Waals surface area contributed by atoms with E-state index in [1.807, 2.05) is 16.8 Å². The van der Waals surface area contributed by atoms with Crippen LogP contribution in [0.5, 0.6) is 0 Å². The van der Waals surface area contributed by atoms with Gasteiger partial charge >= 0.3 is 6.03 Å². The van der Waals surface area contributed by atoms with E-state index in [1.54, 1.807) is 0 Å². The maximum absolute atomic E-state index is 11.6. The average Bonchev–Trinajstić information content (AvgIpc) is 2.36. The highest BCUT2D eigenvalue weighted by molar-refractivity contribution is 7.80. The molecule has 4 heteroatoms. The topological polar surface area (TPSA) is 23.6 Å². The van der Waals surface area contributed by atoms with Crippen molar-refractivity contribution in [1.29, 1.82) is 0 Å². The smallest absolute Gasteiger partial charge is 0.320 e. The molecule has 3 nitrogen and oxygen atoms in total. The van der Waals surface area contributed by atoms with Crippen LogP contribution in [0.2, 0.25) is 0 Å². The molecular formula is C9H18N2OS. The Balaban J connectivity index is 2.50. The number of rotatable bonds is 4. The molecule has 1 saturated heterocycles. The summed E-state index contributed by atoms with van der Waals surface area (Å²) in [6.45, 7) is 3.80. The molecule has 0 radical (unpaired) electrons. The number of thiol groups is 1. The highest BCUT2D eigenvalue weighted by atomic mass is 32.1. The van der Waals surface area contributed by atoms with Crippen molar-refractivity contribution in [3.8, 4) is 0 Å². The summed E-state index contributed by atoms with van der Waals surface area (Å²) in [6.07, 6.45) is 2.24. The Morgan fingerprint density at radius 1 is 1.62 bits per heavy atom. The molecule has 1 atom stereocenters. The van der Waals surface area contributed by atoms with E-state index < -0.39 is 0 Å². The fourth-order valence-corrected chi connectivity index (χ4v) is 2.00. The highest BCUT2D eigenvalue weighted by Gasteiger charge is 2.32. The van der Waals surface area contributed by atoms with Crippen molar-refractivity contribution >= 4 is 18.7 Å². The third-order valence-electron chi connectivity index (χ3n) is 2.54. The monoisotopic (exact) mass is 202 g/mol. The van der Waals surface area contributed by atoms with Crippen molar-refractivity contribution in [2.45, 2.75) is 25.8 Å². The zero-order chi connectivity index (χ0) is 9.84. The Morgan fingerprint density at radius 3 is 2.85 bits per heavy atom. The molecule has 0 saturated carbocycles. The molecule has 0 N–H and O–H groups in total. The van der Waals surface area contributed by atoms with Crippen LogP contribution in [0.4, 0.5) is 4.79 Å². The van der Waals surface area contributed by atoms with Gasteiger partial charge in [-0.2, -0.15) is 12.6 Å². The van der Waals surface area contributed by atoms with Gasteiger partial charge in [-0.15, -0.1) is 0 Å². The van der Waals surface area contributed by atoms with Gasteiger partial charge in [-0.1, -0.05) is 13.3 Å². The number of likely N-dealkylation sites (N-methyl/N-ethyl adjacent to an activating group) is 1. The van der Waals surface area contributed by atoms with Crippen LogP contribution >= 0.6 is 12.6 Å². The van der Waals surface area contributed by atoms with Crippen LogP contribution < -0.4 is 0 Å². The number of hydrogen-bond donors (Lipinski definition) is 1. The standard InChI is InChI=1S/C9H18N2OS/c1-3-4-8-7-11(5-6-13)9(12)10(8)2/h8,13H,3-7H2,1-2H3. The normalized spacial score (nSPS) is 23.0. The summed E-state index contributed by atoms with van der Waals surface area (Å²) in [5, 5.41) is 0. The van der Waals surface area contributed by atoms with Gasteiger partial charge in [0.2, 0.25) is 0 Å². The van der Waals surface area contributed by atoms with Crippen molar-refractivity contribution in [3.05, 3.63) is 0 Å².